The highest BCUT2D eigenvalue weighted by molar-refractivity contribution is 7.90. The van der Waals surface area contributed by atoms with Crippen molar-refractivity contribution >= 4 is 51.2 Å². The third kappa shape index (κ3) is 9.66. The van der Waals surface area contributed by atoms with Crippen molar-refractivity contribution in [1.82, 2.24) is 20.2 Å². The van der Waals surface area contributed by atoms with Crippen LogP contribution in [0.15, 0.2) is 53.4 Å². The molecule has 5 amide bonds. The highest BCUT2D eigenvalue weighted by Crippen LogP contribution is 2.33. The summed E-state index contributed by atoms with van der Waals surface area (Å²) in [5.41, 5.74) is -1.13. The molecule has 3 atom stereocenters. The van der Waals surface area contributed by atoms with Crippen LogP contribution >= 0.6 is 0 Å². The van der Waals surface area contributed by atoms with Gasteiger partial charge in [-0.05, 0) is 96.3 Å². The zero-order valence-electron chi connectivity index (χ0n) is 30.9. The van der Waals surface area contributed by atoms with Crippen LogP contribution in [0.25, 0.3) is 0 Å². The van der Waals surface area contributed by atoms with Crippen molar-refractivity contribution in [3.63, 3.8) is 0 Å². The van der Waals surface area contributed by atoms with Crippen LogP contribution in [0, 0.1) is 5.92 Å². The Morgan fingerprint density at radius 2 is 1.52 bits per heavy atom. The Kier molecular flexibility index (Phi) is 11.4. The number of ketones is 1. The van der Waals surface area contributed by atoms with E-state index in [-0.39, 0.29) is 34.9 Å². The molecule has 0 saturated carbocycles. The van der Waals surface area contributed by atoms with E-state index in [2.05, 4.69) is 10.6 Å². The first kappa shape index (κ1) is 39.8. The van der Waals surface area contributed by atoms with Crippen LogP contribution in [-0.4, -0.2) is 108 Å². The number of hydrazine groups is 1. The average Bonchev–Trinajstić information content (AvgIpc) is 3.55. The minimum absolute atomic E-state index is 0.0160. The third-order valence-electron chi connectivity index (χ3n) is 8.01. The van der Waals surface area contributed by atoms with E-state index >= 15 is 0 Å². The molecule has 0 bridgehead atoms. The largest absolute Gasteiger partial charge is 0.444 e. The third-order valence-corrected chi connectivity index (χ3v) is 9.12. The molecule has 0 spiro atoms. The summed E-state index contributed by atoms with van der Waals surface area (Å²) >= 11 is 0. The van der Waals surface area contributed by atoms with Gasteiger partial charge in [0.05, 0.1) is 24.0 Å². The predicted molar refractivity (Wildman–Crippen MR) is 190 cm³/mol. The monoisotopic (exact) mass is 741 g/mol. The molecule has 1 unspecified atom stereocenters. The molecule has 15 nitrogen and oxygen atoms in total. The molecule has 282 valence electrons. The van der Waals surface area contributed by atoms with Crippen molar-refractivity contribution in [1.29, 1.82) is 0 Å². The first-order chi connectivity index (χ1) is 23.9. The van der Waals surface area contributed by atoms with E-state index in [0.717, 1.165) is 16.3 Å². The lowest BCUT2D eigenvalue weighted by atomic mass is 10.0. The zero-order chi connectivity index (χ0) is 38.9. The second-order valence-electron chi connectivity index (χ2n) is 15.3. The molecule has 2 heterocycles. The maximum absolute atomic E-state index is 14.5. The Labute approximate surface area is 303 Å². The zero-order valence-corrected chi connectivity index (χ0v) is 31.7. The van der Waals surface area contributed by atoms with E-state index in [9.17, 15) is 37.2 Å². The van der Waals surface area contributed by atoms with Crippen LogP contribution in [0.3, 0.4) is 0 Å². The van der Waals surface area contributed by atoms with E-state index < -0.39 is 81.4 Å². The molecule has 2 N–H and O–H groups in total. The van der Waals surface area contributed by atoms with E-state index in [1.54, 1.807) is 41.5 Å². The first-order valence-electron chi connectivity index (χ1n) is 16.8. The van der Waals surface area contributed by atoms with Gasteiger partial charge in [-0.1, -0.05) is 19.9 Å². The Balaban J connectivity index is 1.63. The second kappa shape index (κ2) is 14.9. The summed E-state index contributed by atoms with van der Waals surface area (Å²) in [5.74, 6) is -2.68. The van der Waals surface area contributed by atoms with Gasteiger partial charge in [0, 0.05) is 23.1 Å². The quantitative estimate of drug-likeness (QED) is 0.400. The number of nitrogens with zero attached hydrogens (tertiary/aromatic N) is 3. The summed E-state index contributed by atoms with van der Waals surface area (Å²) in [4.78, 5) is 82.3. The van der Waals surface area contributed by atoms with Gasteiger partial charge >= 0.3 is 12.2 Å². The number of benzene rings is 2. The summed E-state index contributed by atoms with van der Waals surface area (Å²) in [6, 6.07) is 7.85. The van der Waals surface area contributed by atoms with E-state index in [1.807, 2.05) is 13.8 Å². The number of sulfone groups is 1. The molecular weight excluding hydrogens is 694 g/mol. The Bertz CT molecular complexity index is 1850. The van der Waals surface area contributed by atoms with Crippen LogP contribution < -0.4 is 10.6 Å². The van der Waals surface area contributed by atoms with Gasteiger partial charge in [0.2, 0.25) is 0 Å². The van der Waals surface area contributed by atoms with Crippen LogP contribution in [0.5, 0.6) is 0 Å². The molecule has 2 aromatic carbocycles. The molecule has 0 radical (unpaired) electrons. The summed E-state index contributed by atoms with van der Waals surface area (Å²) in [7, 11) is -3.65. The van der Waals surface area contributed by atoms with E-state index in [1.165, 1.54) is 53.4 Å². The van der Waals surface area contributed by atoms with Gasteiger partial charge in [-0.3, -0.25) is 24.5 Å². The number of anilines is 1. The van der Waals surface area contributed by atoms with E-state index in [4.69, 9.17) is 9.47 Å². The van der Waals surface area contributed by atoms with Crippen LogP contribution in [-0.2, 0) is 28.9 Å². The number of ether oxygens (including phenoxy) is 2. The van der Waals surface area contributed by atoms with Gasteiger partial charge in [-0.25, -0.2) is 28.0 Å². The fourth-order valence-electron chi connectivity index (χ4n) is 5.88. The number of fused-ring (bicyclic) bond motifs is 1. The summed E-state index contributed by atoms with van der Waals surface area (Å²) < 4.78 is 35.2. The van der Waals surface area contributed by atoms with Gasteiger partial charge < -0.3 is 19.7 Å². The highest BCUT2D eigenvalue weighted by atomic mass is 32.2. The highest BCUT2D eigenvalue weighted by Gasteiger charge is 2.58. The number of carbonyl (C=O) groups excluding carboxylic acids is 6. The summed E-state index contributed by atoms with van der Waals surface area (Å²) in [6.45, 7) is 13.1. The molecule has 16 heteroatoms. The number of Topliss-reactive ketones (excluding diaryl/α,β-unsaturated/α-hetero) is 1. The smallest absolute Gasteiger partial charge is 0.429 e. The van der Waals surface area contributed by atoms with E-state index in [0.29, 0.717) is 5.69 Å². The molecule has 52 heavy (non-hydrogen) atoms. The Morgan fingerprint density at radius 3 is 2.08 bits per heavy atom. The number of hydrogen-bond acceptors (Lipinski definition) is 10. The molecule has 2 fully saturated rings. The standard InChI is InChI=1S/C36H47N5O10S/c1-21(2)17-26(38-30(43)22-13-15-24(16-14-22)37-33(46)50-35(3,4)5)32(45)41-29-27(19-40(41)34(47)51-36(6,7)8)39(20-28(29)42)31(44)23-11-10-12-25(18-23)52(9,48)49/h10-16,18,21,26-27,29H,17,19-20H2,1-9H3,(H,37,46)(H,38,43)/t26-,27?,29-/m0/s1. The second-order valence-corrected chi connectivity index (χ2v) is 17.3. The number of hydrogen-bond donors (Lipinski definition) is 2. The van der Waals surface area contributed by atoms with Crippen molar-refractivity contribution in [2.24, 2.45) is 5.92 Å². The fourth-order valence-corrected chi connectivity index (χ4v) is 6.55. The van der Waals surface area contributed by atoms with Gasteiger partial charge in [0.15, 0.2) is 15.6 Å². The Hall–Kier alpha value is -4.99. The summed E-state index contributed by atoms with van der Waals surface area (Å²) in [5, 5.41) is 7.31. The number of nitrogens with one attached hydrogen (secondary N) is 2. The first-order valence-corrected chi connectivity index (χ1v) is 18.7. The van der Waals surface area contributed by atoms with Crippen LogP contribution in [0.1, 0.15) is 82.5 Å². The lowest BCUT2D eigenvalue weighted by Gasteiger charge is -2.35. The van der Waals surface area contributed by atoms with Gasteiger partial charge in [-0.15, -0.1) is 0 Å². The predicted octanol–water partition coefficient (Wildman–Crippen LogP) is 4.04. The maximum Gasteiger partial charge on any atom is 0.429 e. The number of likely N-dealkylation sites (tertiary alicyclic amines) is 1. The normalized spacial score (nSPS) is 18.2. The van der Waals surface area contributed by atoms with Crippen molar-refractivity contribution < 1.29 is 46.7 Å². The molecule has 4 rings (SSSR count). The maximum atomic E-state index is 14.5. The van der Waals surface area contributed by atoms with Crippen LogP contribution in [0.2, 0.25) is 0 Å². The fraction of sp³-hybridized carbons (Fsp3) is 0.500. The lowest BCUT2D eigenvalue weighted by molar-refractivity contribution is -0.152. The van der Waals surface area contributed by atoms with Crippen molar-refractivity contribution in [3.8, 4) is 0 Å². The minimum atomic E-state index is -3.65. The molecule has 0 aromatic heterocycles. The van der Waals surface area contributed by atoms with Gasteiger partial charge in [0.25, 0.3) is 17.7 Å². The number of rotatable bonds is 8. The van der Waals surface area contributed by atoms with Gasteiger partial charge in [-0.2, -0.15) is 0 Å². The molecule has 2 saturated heterocycles. The molecular formula is C36H47N5O10S. The summed E-state index contributed by atoms with van der Waals surface area (Å²) in [6.07, 6.45) is -0.461. The van der Waals surface area contributed by atoms with Gasteiger partial charge in [0.1, 0.15) is 23.3 Å². The topological polar surface area (TPSA) is 189 Å². The Morgan fingerprint density at radius 1 is 0.904 bits per heavy atom. The molecule has 2 aromatic rings. The van der Waals surface area contributed by atoms with Crippen molar-refractivity contribution in [3.05, 3.63) is 59.7 Å². The molecule has 2 aliphatic rings. The SMILES string of the molecule is CC(C)C[C@H](NC(=O)c1ccc(NC(=O)OC(C)(C)C)cc1)C(=O)N1[C@@H]2C(=O)CN(C(=O)c3cccc(S(C)(=O)=O)c3)C2CN1C(=O)OC(C)(C)C. The molecule has 2 aliphatic heterocycles. The van der Waals surface area contributed by atoms with Crippen LogP contribution in [0.4, 0.5) is 15.3 Å². The number of carbonyl (C=O) groups is 6. The van der Waals surface area contributed by atoms with Crippen molar-refractivity contribution in [2.45, 2.75) is 96.0 Å². The number of amides is 5. The minimum Gasteiger partial charge on any atom is -0.444 e. The molecule has 0 aliphatic carbocycles. The lowest BCUT2D eigenvalue weighted by Crippen LogP contribution is -2.58. The average molecular weight is 742 g/mol. The van der Waals surface area contributed by atoms with Crippen molar-refractivity contribution in [2.75, 3.05) is 24.7 Å².